The van der Waals surface area contributed by atoms with Crippen LogP contribution in [0.1, 0.15) is 17.6 Å². The molecule has 0 saturated heterocycles. The summed E-state index contributed by atoms with van der Waals surface area (Å²) in [6.45, 7) is 5.51. The molecule has 2 heterocycles. The van der Waals surface area contributed by atoms with Gasteiger partial charge in [-0.1, -0.05) is 0 Å². The van der Waals surface area contributed by atoms with E-state index in [1.54, 1.807) is 11.3 Å². The van der Waals surface area contributed by atoms with Gasteiger partial charge in [0.25, 0.3) is 0 Å². The molecule has 0 fully saturated rings. The van der Waals surface area contributed by atoms with Gasteiger partial charge in [-0.15, -0.1) is 11.3 Å². The topological polar surface area (TPSA) is 80.0 Å². The number of nitrogen functional groups attached to an aromatic ring is 1. The number of hydrogen-bond donors (Lipinski definition) is 2. The van der Waals surface area contributed by atoms with Crippen LogP contribution in [-0.4, -0.2) is 28.5 Å². The number of anilines is 3. The Morgan fingerprint density at radius 1 is 1.37 bits per heavy atom. The fraction of sp³-hybridized carbons (Fsp3) is 0.417. The van der Waals surface area contributed by atoms with Gasteiger partial charge in [0, 0.05) is 25.0 Å². The van der Waals surface area contributed by atoms with E-state index in [0.29, 0.717) is 6.54 Å². The molecule has 0 aliphatic heterocycles. The van der Waals surface area contributed by atoms with Crippen molar-refractivity contribution in [2.45, 2.75) is 20.4 Å². The van der Waals surface area contributed by atoms with Crippen LogP contribution in [0.5, 0.6) is 0 Å². The lowest BCUT2D eigenvalue weighted by Crippen LogP contribution is -2.19. The SMILES string of the molecule is CCNc1cc(N(C)Cc2csc(C)n2)nc(N)n1. The number of rotatable bonds is 5. The Labute approximate surface area is 116 Å². The predicted octanol–water partition coefficient (Wildman–Crippen LogP) is 1.89. The molecule has 0 aromatic carbocycles. The van der Waals surface area contributed by atoms with Crippen molar-refractivity contribution in [3.8, 4) is 0 Å². The highest BCUT2D eigenvalue weighted by atomic mass is 32.1. The highest BCUT2D eigenvalue weighted by molar-refractivity contribution is 7.09. The number of nitrogens with one attached hydrogen (secondary N) is 1. The molecule has 0 radical (unpaired) electrons. The quantitative estimate of drug-likeness (QED) is 0.869. The summed E-state index contributed by atoms with van der Waals surface area (Å²) in [7, 11) is 1.96. The molecule has 3 N–H and O–H groups in total. The summed E-state index contributed by atoms with van der Waals surface area (Å²) in [5, 5.41) is 6.27. The van der Waals surface area contributed by atoms with Gasteiger partial charge in [0.1, 0.15) is 11.6 Å². The summed E-state index contributed by atoms with van der Waals surface area (Å²) in [6, 6.07) is 1.89. The van der Waals surface area contributed by atoms with Crippen LogP contribution in [0.3, 0.4) is 0 Å². The molecule has 0 amide bonds. The van der Waals surface area contributed by atoms with Crippen molar-refractivity contribution in [3.05, 3.63) is 22.1 Å². The minimum absolute atomic E-state index is 0.273. The van der Waals surface area contributed by atoms with Gasteiger partial charge in [0.2, 0.25) is 5.95 Å². The second-order valence-electron chi connectivity index (χ2n) is 4.21. The first kappa shape index (κ1) is 13.5. The molecule has 0 aliphatic carbocycles. The lowest BCUT2D eigenvalue weighted by Gasteiger charge is -2.18. The van der Waals surface area contributed by atoms with Crippen molar-refractivity contribution < 1.29 is 0 Å². The number of hydrogen-bond acceptors (Lipinski definition) is 7. The minimum Gasteiger partial charge on any atom is -0.370 e. The Morgan fingerprint density at radius 2 is 2.16 bits per heavy atom. The number of nitrogens with two attached hydrogens (primary N) is 1. The zero-order valence-electron chi connectivity index (χ0n) is 11.3. The monoisotopic (exact) mass is 278 g/mol. The molecule has 2 aromatic rings. The largest absolute Gasteiger partial charge is 0.370 e. The van der Waals surface area contributed by atoms with Crippen molar-refractivity contribution in [1.82, 2.24) is 15.0 Å². The van der Waals surface area contributed by atoms with Crippen molar-refractivity contribution >= 4 is 28.9 Å². The fourth-order valence-corrected chi connectivity index (χ4v) is 2.33. The van der Waals surface area contributed by atoms with E-state index in [0.717, 1.165) is 28.9 Å². The maximum absolute atomic E-state index is 5.72. The van der Waals surface area contributed by atoms with E-state index in [9.17, 15) is 0 Å². The summed E-state index contributed by atoms with van der Waals surface area (Å²) in [6.07, 6.45) is 0. The molecule has 0 atom stereocenters. The van der Waals surface area contributed by atoms with Gasteiger partial charge < -0.3 is 16.0 Å². The highest BCUT2D eigenvalue weighted by Crippen LogP contribution is 2.18. The van der Waals surface area contributed by atoms with E-state index >= 15 is 0 Å². The molecule has 6 nitrogen and oxygen atoms in total. The molecule has 0 saturated carbocycles. The molecule has 0 bridgehead atoms. The molecule has 0 aliphatic rings. The van der Waals surface area contributed by atoms with E-state index in [-0.39, 0.29) is 5.95 Å². The Bertz CT molecular complexity index is 553. The summed E-state index contributed by atoms with van der Waals surface area (Å²) < 4.78 is 0. The lowest BCUT2D eigenvalue weighted by atomic mass is 10.4. The van der Waals surface area contributed by atoms with E-state index < -0.39 is 0 Å². The fourth-order valence-electron chi connectivity index (χ4n) is 1.72. The summed E-state index contributed by atoms with van der Waals surface area (Å²) in [5.74, 6) is 1.80. The van der Waals surface area contributed by atoms with Crippen molar-refractivity contribution in [1.29, 1.82) is 0 Å². The molecular formula is C12H18N6S. The molecule has 0 unspecified atom stereocenters. The summed E-state index contributed by atoms with van der Waals surface area (Å²) >= 11 is 1.65. The zero-order chi connectivity index (χ0) is 13.8. The summed E-state index contributed by atoms with van der Waals surface area (Å²) in [4.78, 5) is 14.8. The Balaban J connectivity index is 2.15. The second-order valence-corrected chi connectivity index (χ2v) is 5.28. The van der Waals surface area contributed by atoms with Gasteiger partial charge in [-0.2, -0.15) is 9.97 Å². The molecule has 19 heavy (non-hydrogen) atoms. The third kappa shape index (κ3) is 3.54. The minimum atomic E-state index is 0.273. The Kier molecular flexibility index (Phi) is 4.16. The van der Waals surface area contributed by atoms with Gasteiger partial charge in [0.15, 0.2) is 0 Å². The molecule has 7 heteroatoms. The average Bonchev–Trinajstić information content (AvgIpc) is 2.74. The first-order valence-corrected chi connectivity index (χ1v) is 6.97. The maximum Gasteiger partial charge on any atom is 0.223 e. The van der Waals surface area contributed by atoms with Crippen LogP contribution in [0, 0.1) is 6.92 Å². The normalized spacial score (nSPS) is 10.5. The van der Waals surface area contributed by atoms with Crippen molar-refractivity contribution in [2.24, 2.45) is 0 Å². The van der Waals surface area contributed by atoms with Crippen LogP contribution in [-0.2, 0) is 6.54 Å². The molecule has 0 spiro atoms. The first-order valence-electron chi connectivity index (χ1n) is 6.09. The first-order chi connectivity index (χ1) is 9.08. The van der Waals surface area contributed by atoms with Crippen molar-refractivity contribution in [2.75, 3.05) is 29.5 Å². The Hall–Kier alpha value is -1.89. The second kappa shape index (κ2) is 5.83. The third-order valence-corrected chi connectivity index (χ3v) is 3.37. The van der Waals surface area contributed by atoms with E-state index in [4.69, 9.17) is 5.73 Å². The smallest absolute Gasteiger partial charge is 0.223 e. The number of aryl methyl sites for hydroxylation is 1. The number of nitrogens with zero attached hydrogens (tertiary/aromatic N) is 4. The Morgan fingerprint density at radius 3 is 2.79 bits per heavy atom. The predicted molar refractivity (Wildman–Crippen MR) is 79.6 cm³/mol. The average molecular weight is 278 g/mol. The summed E-state index contributed by atoms with van der Waals surface area (Å²) in [5.41, 5.74) is 6.76. The van der Waals surface area contributed by atoms with Gasteiger partial charge in [-0.3, -0.25) is 0 Å². The molecule has 102 valence electrons. The highest BCUT2D eigenvalue weighted by Gasteiger charge is 2.09. The van der Waals surface area contributed by atoms with Crippen LogP contribution in [0.15, 0.2) is 11.4 Å². The van der Waals surface area contributed by atoms with Gasteiger partial charge >= 0.3 is 0 Å². The van der Waals surface area contributed by atoms with Crippen LogP contribution >= 0.6 is 11.3 Å². The van der Waals surface area contributed by atoms with Crippen LogP contribution in [0.4, 0.5) is 17.6 Å². The molecule has 2 aromatic heterocycles. The van der Waals surface area contributed by atoms with Crippen LogP contribution in [0.25, 0.3) is 0 Å². The molecular weight excluding hydrogens is 260 g/mol. The van der Waals surface area contributed by atoms with Crippen LogP contribution in [0.2, 0.25) is 0 Å². The maximum atomic E-state index is 5.72. The third-order valence-electron chi connectivity index (χ3n) is 2.54. The van der Waals surface area contributed by atoms with Gasteiger partial charge in [-0.05, 0) is 13.8 Å². The van der Waals surface area contributed by atoms with E-state index in [1.807, 2.05) is 31.9 Å². The van der Waals surface area contributed by atoms with Crippen LogP contribution < -0.4 is 16.0 Å². The number of aromatic nitrogens is 3. The molecule has 2 rings (SSSR count). The number of thiazole rings is 1. The van der Waals surface area contributed by atoms with Crippen molar-refractivity contribution in [3.63, 3.8) is 0 Å². The van der Waals surface area contributed by atoms with E-state index in [1.165, 1.54) is 0 Å². The van der Waals surface area contributed by atoms with Gasteiger partial charge in [0.05, 0.1) is 17.2 Å². The van der Waals surface area contributed by atoms with Gasteiger partial charge in [-0.25, -0.2) is 4.98 Å². The lowest BCUT2D eigenvalue weighted by molar-refractivity contribution is 0.867. The standard InChI is InChI=1S/C12H18N6S/c1-4-14-10-5-11(17-12(13)16-10)18(3)6-9-7-19-8(2)15-9/h5,7H,4,6H2,1-3H3,(H3,13,14,16,17). The van der Waals surface area contributed by atoms with E-state index in [2.05, 4.69) is 25.6 Å². The zero-order valence-corrected chi connectivity index (χ0v) is 12.2.